The lowest BCUT2D eigenvalue weighted by molar-refractivity contribution is 0.331. The van der Waals surface area contributed by atoms with Gasteiger partial charge in [-0.1, -0.05) is 13.0 Å². The number of likely N-dealkylation sites (N-methyl/N-ethyl adjacent to an activating group) is 1. The third-order valence-corrected chi connectivity index (χ3v) is 2.63. The largest absolute Gasteiger partial charge is 0.309 e. The Hall–Kier alpha value is -1.07. The Kier molecular flexibility index (Phi) is 5.62. The molecule has 0 heterocycles. The van der Waals surface area contributed by atoms with Crippen molar-refractivity contribution in [1.29, 1.82) is 0 Å². The Labute approximate surface area is 106 Å². The molecule has 0 aliphatic rings. The van der Waals surface area contributed by atoms with Gasteiger partial charge in [0.05, 0.1) is 0 Å². The summed E-state index contributed by atoms with van der Waals surface area (Å²) in [4.78, 5) is 1.87. The fraction of sp³-hybridized carbons (Fsp3) is 0.538. The monoisotopic (exact) mass is 260 g/mol. The summed E-state index contributed by atoms with van der Waals surface area (Å²) in [7, 11) is 3.69. The predicted octanol–water partition coefficient (Wildman–Crippen LogP) is 2.71. The van der Waals surface area contributed by atoms with Crippen LogP contribution in [-0.2, 0) is 0 Å². The first-order chi connectivity index (χ1) is 8.47. The van der Waals surface area contributed by atoms with E-state index < -0.39 is 17.5 Å². The number of halogens is 3. The second-order valence-electron chi connectivity index (χ2n) is 4.53. The van der Waals surface area contributed by atoms with E-state index in [0.29, 0.717) is 13.1 Å². The standard InChI is InChI=1S/C13H19F3N2/c1-4-7-17-11(8-18(2)3)9-5-6-10(14)13(16)12(9)15/h5-6,11,17H,4,7-8H2,1-3H3. The van der Waals surface area contributed by atoms with Gasteiger partial charge >= 0.3 is 0 Å². The topological polar surface area (TPSA) is 15.3 Å². The zero-order valence-electron chi connectivity index (χ0n) is 10.9. The second kappa shape index (κ2) is 6.75. The molecular weight excluding hydrogens is 241 g/mol. The Morgan fingerprint density at radius 3 is 2.39 bits per heavy atom. The number of hydrogen-bond acceptors (Lipinski definition) is 2. The number of rotatable bonds is 6. The molecule has 0 aliphatic carbocycles. The summed E-state index contributed by atoms with van der Waals surface area (Å²) in [6, 6.07) is 1.91. The molecule has 0 bridgehead atoms. The minimum Gasteiger partial charge on any atom is -0.309 e. The smallest absolute Gasteiger partial charge is 0.194 e. The maximum atomic E-state index is 13.7. The highest BCUT2D eigenvalue weighted by atomic mass is 19.2. The van der Waals surface area contributed by atoms with Gasteiger partial charge in [-0.25, -0.2) is 13.2 Å². The molecular formula is C13H19F3N2. The third-order valence-electron chi connectivity index (χ3n) is 2.63. The van der Waals surface area contributed by atoms with Crippen molar-refractivity contribution in [3.05, 3.63) is 35.1 Å². The fourth-order valence-electron chi connectivity index (χ4n) is 1.77. The summed E-state index contributed by atoms with van der Waals surface area (Å²) in [5, 5.41) is 3.13. The van der Waals surface area contributed by atoms with Gasteiger partial charge in [0.1, 0.15) is 0 Å². The molecule has 0 saturated carbocycles. The summed E-state index contributed by atoms with van der Waals surface area (Å²) in [6.45, 7) is 3.19. The molecule has 1 aromatic carbocycles. The van der Waals surface area contributed by atoms with Crippen molar-refractivity contribution in [1.82, 2.24) is 10.2 Å². The van der Waals surface area contributed by atoms with Crippen LogP contribution in [0.5, 0.6) is 0 Å². The SMILES string of the molecule is CCCNC(CN(C)C)c1ccc(F)c(F)c1F. The van der Waals surface area contributed by atoms with Gasteiger partial charge in [-0.15, -0.1) is 0 Å². The summed E-state index contributed by atoms with van der Waals surface area (Å²) in [5.41, 5.74) is 0.163. The van der Waals surface area contributed by atoms with Crippen LogP contribution in [0.2, 0.25) is 0 Å². The predicted molar refractivity (Wildman–Crippen MR) is 65.9 cm³/mol. The van der Waals surface area contributed by atoms with Crippen molar-refractivity contribution in [2.45, 2.75) is 19.4 Å². The molecule has 0 spiro atoms. The van der Waals surface area contributed by atoms with E-state index in [1.807, 2.05) is 25.9 Å². The minimum absolute atomic E-state index is 0.163. The maximum Gasteiger partial charge on any atom is 0.194 e. The highest BCUT2D eigenvalue weighted by Crippen LogP contribution is 2.22. The van der Waals surface area contributed by atoms with Crippen LogP contribution in [0, 0.1) is 17.5 Å². The molecule has 1 atom stereocenters. The molecule has 2 nitrogen and oxygen atoms in total. The van der Waals surface area contributed by atoms with Gasteiger partial charge in [0.25, 0.3) is 0 Å². The van der Waals surface area contributed by atoms with Gasteiger partial charge < -0.3 is 10.2 Å². The highest BCUT2D eigenvalue weighted by molar-refractivity contribution is 5.24. The van der Waals surface area contributed by atoms with Crippen LogP contribution >= 0.6 is 0 Å². The average Bonchev–Trinajstić information content (AvgIpc) is 2.31. The Morgan fingerprint density at radius 2 is 1.83 bits per heavy atom. The molecule has 0 aromatic heterocycles. The zero-order valence-corrected chi connectivity index (χ0v) is 10.9. The molecule has 18 heavy (non-hydrogen) atoms. The number of benzene rings is 1. The van der Waals surface area contributed by atoms with Crippen molar-refractivity contribution in [3.8, 4) is 0 Å². The third kappa shape index (κ3) is 3.71. The number of nitrogens with one attached hydrogen (secondary N) is 1. The molecule has 0 amide bonds. The molecule has 1 rings (SSSR count). The van der Waals surface area contributed by atoms with Crippen molar-refractivity contribution < 1.29 is 13.2 Å². The van der Waals surface area contributed by atoms with E-state index in [1.54, 1.807) is 0 Å². The van der Waals surface area contributed by atoms with Gasteiger partial charge in [-0.3, -0.25) is 0 Å². The van der Waals surface area contributed by atoms with Gasteiger partial charge in [0.2, 0.25) is 0 Å². The van der Waals surface area contributed by atoms with Crippen LogP contribution in [0.1, 0.15) is 24.9 Å². The van der Waals surface area contributed by atoms with E-state index >= 15 is 0 Å². The minimum atomic E-state index is -1.41. The van der Waals surface area contributed by atoms with Crippen molar-refractivity contribution in [2.24, 2.45) is 0 Å². The fourth-order valence-corrected chi connectivity index (χ4v) is 1.77. The lowest BCUT2D eigenvalue weighted by Crippen LogP contribution is -2.32. The average molecular weight is 260 g/mol. The van der Waals surface area contributed by atoms with Crippen LogP contribution in [0.3, 0.4) is 0 Å². The van der Waals surface area contributed by atoms with Crippen LogP contribution < -0.4 is 5.32 Å². The highest BCUT2D eigenvalue weighted by Gasteiger charge is 2.20. The van der Waals surface area contributed by atoms with Crippen LogP contribution in [-0.4, -0.2) is 32.1 Å². The Morgan fingerprint density at radius 1 is 1.17 bits per heavy atom. The van der Waals surface area contributed by atoms with Crippen LogP contribution in [0.25, 0.3) is 0 Å². The van der Waals surface area contributed by atoms with Crippen molar-refractivity contribution >= 4 is 0 Å². The molecule has 102 valence electrons. The van der Waals surface area contributed by atoms with Gasteiger partial charge in [-0.2, -0.15) is 0 Å². The Bertz CT molecular complexity index is 394. The van der Waals surface area contributed by atoms with Gasteiger partial charge in [0, 0.05) is 18.2 Å². The Balaban J connectivity index is 3.00. The van der Waals surface area contributed by atoms with E-state index in [1.165, 1.54) is 6.07 Å². The normalized spacial score (nSPS) is 13.1. The summed E-state index contributed by atoms with van der Waals surface area (Å²) >= 11 is 0. The van der Waals surface area contributed by atoms with E-state index in [0.717, 1.165) is 12.5 Å². The molecule has 1 aromatic rings. The number of hydrogen-bond donors (Lipinski definition) is 1. The summed E-state index contributed by atoms with van der Waals surface area (Å²) < 4.78 is 39.8. The molecule has 0 saturated heterocycles. The van der Waals surface area contributed by atoms with E-state index in [4.69, 9.17) is 0 Å². The molecule has 1 unspecified atom stereocenters. The molecule has 0 aliphatic heterocycles. The first-order valence-electron chi connectivity index (χ1n) is 5.98. The van der Waals surface area contributed by atoms with E-state index in [-0.39, 0.29) is 11.6 Å². The first-order valence-corrected chi connectivity index (χ1v) is 5.98. The number of nitrogens with zero attached hydrogens (tertiary/aromatic N) is 1. The summed E-state index contributed by atoms with van der Waals surface area (Å²) in [6.07, 6.45) is 0.884. The van der Waals surface area contributed by atoms with E-state index in [9.17, 15) is 13.2 Å². The molecule has 1 N–H and O–H groups in total. The molecule has 5 heteroatoms. The van der Waals surface area contributed by atoms with Crippen molar-refractivity contribution in [2.75, 3.05) is 27.2 Å². The summed E-state index contributed by atoms with van der Waals surface area (Å²) in [5.74, 6) is -3.67. The van der Waals surface area contributed by atoms with E-state index in [2.05, 4.69) is 5.32 Å². The maximum absolute atomic E-state index is 13.7. The zero-order chi connectivity index (χ0) is 13.7. The van der Waals surface area contributed by atoms with Crippen LogP contribution in [0.4, 0.5) is 13.2 Å². The quantitative estimate of drug-likeness (QED) is 0.791. The molecule has 0 radical (unpaired) electrons. The van der Waals surface area contributed by atoms with Crippen molar-refractivity contribution in [3.63, 3.8) is 0 Å². The van der Waals surface area contributed by atoms with Gasteiger partial charge in [-0.05, 0) is 33.1 Å². The molecule has 0 fully saturated rings. The van der Waals surface area contributed by atoms with Gasteiger partial charge in [0.15, 0.2) is 17.5 Å². The van der Waals surface area contributed by atoms with Crippen LogP contribution in [0.15, 0.2) is 12.1 Å². The second-order valence-corrected chi connectivity index (χ2v) is 4.53. The lowest BCUT2D eigenvalue weighted by Gasteiger charge is -2.23. The lowest BCUT2D eigenvalue weighted by atomic mass is 10.0. The first kappa shape index (κ1) is 15.0.